The molecular formula is C14H13NOS. The van der Waals surface area contributed by atoms with Crippen molar-refractivity contribution in [3.8, 4) is 10.4 Å². The minimum Gasteiger partial charge on any atom is -0.366 e. The second-order valence-corrected chi connectivity index (χ2v) is 4.92. The van der Waals surface area contributed by atoms with Crippen molar-refractivity contribution >= 4 is 23.3 Å². The normalized spacial score (nSPS) is 10.9. The van der Waals surface area contributed by atoms with Crippen molar-refractivity contribution in [3.63, 3.8) is 0 Å². The van der Waals surface area contributed by atoms with E-state index < -0.39 is 5.91 Å². The summed E-state index contributed by atoms with van der Waals surface area (Å²) in [5.41, 5.74) is 7.50. The number of aryl methyl sites for hydroxylation is 1. The Bertz CT molecular complexity index is 569. The molecule has 2 N–H and O–H groups in total. The molecule has 0 unspecified atom stereocenters. The lowest BCUT2D eigenvalue weighted by Crippen LogP contribution is -2.04. The molecule has 2 nitrogen and oxygen atoms in total. The van der Waals surface area contributed by atoms with Crippen LogP contribution in [-0.2, 0) is 4.79 Å². The van der Waals surface area contributed by atoms with Crippen molar-refractivity contribution in [1.29, 1.82) is 0 Å². The van der Waals surface area contributed by atoms with Crippen LogP contribution in [0.3, 0.4) is 0 Å². The first-order chi connectivity index (χ1) is 8.15. The number of carbonyl (C=O) groups excluding carboxylic acids is 1. The molecule has 0 saturated heterocycles. The maximum Gasteiger partial charge on any atom is 0.241 e. The van der Waals surface area contributed by atoms with E-state index in [2.05, 4.69) is 31.2 Å². The molecular weight excluding hydrogens is 230 g/mol. The molecule has 3 heteroatoms. The van der Waals surface area contributed by atoms with Gasteiger partial charge in [0.15, 0.2) is 0 Å². The van der Waals surface area contributed by atoms with Gasteiger partial charge in [-0.15, -0.1) is 11.3 Å². The topological polar surface area (TPSA) is 43.1 Å². The molecule has 1 heterocycles. The van der Waals surface area contributed by atoms with Crippen LogP contribution in [0.4, 0.5) is 0 Å². The van der Waals surface area contributed by atoms with Crippen molar-refractivity contribution in [3.05, 3.63) is 52.9 Å². The fraction of sp³-hybridized carbons (Fsp3) is 0.0714. The van der Waals surface area contributed by atoms with Crippen molar-refractivity contribution < 1.29 is 4.79 Å². The third-order valence-electron chi connectivity index (χ3n) is 2.34. The number of rotatable bonds is 3. The molecule has 0 bridgehead atoms. The molecule has 0 aliphatic carbocycles. The van der Waals surface area contributed by atoms with E-state index in [1.165, 1.54) is 22.1 Å². The van der Waals surface area contributed by atoms with E-state index in [1.54, 1.807) is 17.4 Å². The largest absolute Gasteiger partial charge is 0.366 e. The SMILES string of the molecule is Cc1cccc(-c2ccc(C=CC(N)=O)s2)c1. The Balaban J connectivity index is 2.27. The van der Waals surface area contributed by atoms with Crippen LogP contribution in [0.25, 0.3) is 16.5 Å². The monoisotopic (exact) mass is 243 g/mol. The molecule has 0 atom stereocenters. The van der Waals surface area contributed by atoms with Crippen LogP contribution >= 0.6 is 11.3 Å². The van der Waals surface area contributed by atoms with E-state index in [-0.39, 0.29) is 0 Å². The van der Waals surface area contributed by atoms with Gasteiger partial charge in [0, 0.05) is 15.8 Å². The lowest BCUT2D eigenvalue weighted by molar-refractivity contribution is -0.113. The molecule has 0 spiro atoms. The van der Waals surface area contributed by atoms with Gasteiger partial charge < -0.3 is 5.73 Å². The summed E-state index contributed by atoms with van der Waals surface area (Å²) >= 11 is 1.64. The first-order valence-corrected chi connectivity index (χ1v) is 6.11. The van der Waals surface area contributed by atoms with Crippen molar-refractivity contribution in [2.45, 2.75) is 6.92 Å². The quantitative estimate of drug-likeness (QED) is 0.826. The van der Waals surface area contributed by atoms with Gasteiger partial charge in [-0.1, -0.05) is 29.8 Å². The van der Waals surface area contributed by atoms with Crippen LogP contribution in [0.1, 0.15) is 10.4 Å². The third-order valence-corrected chi connectivity index (χ3v) is 3.44. The summed E-state index contributed by atoms with van der Waals surface area (Å²) in [5, 5.41) is 0. The summed E-state index contributed by atoms with van der Waals surface area (Å²) in [6.45, 7) is 2.07. The number of hydrogen-bond acceptors (Lipinski definition) is 2. The maximum atomic E-state index is 10.6. The lowest BCUT2D eigenvalue weighted by atomic mass is 10.1. The number of nitrogens with two attached hydrogens (primary N) is 1. The standard InChI is InChI=1S/C14H13NOS/c1-10-3-2-4-11(9-10)13-7-5-12(17-13)6-8-14(15)16/h2-9H,1H3,(H2,15,16). The van der Waals surface area contributed by atoms with E-state index in [1.807, 2.05) is 12.1 Å². The van der Waals surface area contributed by atoms with Crippen LogP contribution in [0.15, 0.2) is 42.5 Å². The van der Waals surface area contributed by atoms with Gasteiger partial charge in [0.2, 0.25) is 5.91 Å². The molecule has 1 aromatic heterocycles. The Labute approximate surface area is 104 Å². The van der Waals surface area contributed by atoms with Crippen LogP contribution in [-0.4, -0.2) is 5.91 Å². The molecule has 0 aliphatic heterocycles. The number of amides is 1. The van der Waals surface area contributed by atoms with E-state index in [4.69, 9.17) is 5.73 Å². The van der Waals surface area contributed by atoms with Gasteiger partial charge in [-0.25, -0.2) is 0 Å². The fourth-order valence-electron chi connectivity index (χ4n) is 1.56. The van der Waals surface area contributed by atoms with Crippen molar-refractivity contribution in [1.82, 2.24) is 0 Å². The molecule has 0 fully saturated rings. The molecule has 0 saturated carbocycles. The van der Waals surface area contributed by atoms with Crippen LogP contribution in [0, 0.1) is 6.92 Å². The van der Waals surface area contributed by atoms with Crippen LogP contribution in [0.2, 0.25) is 0 Å². The zero-order valence-corrected chi connectivity index (χ0v) is 10.3. The molecule has 0 radical (unpaired) electrons. The second-order valence-electron chi connectivity index (χ2n) is 3.81. The highest BCUT2D eigenvalue weighted by Gasteiger charge is 2.01. The molecule has 1 amide bonds. The van der Waals surface area contributed by atoms with Gasteiger partial charge in [-0.2, -0.15) is 0 Å². The van der Waals surface area contributed by atoms with Crippen molar-refractivity contribution in [2.75, 3.05) is 0 Å². The van der Waals surface area contributed by atoms with Gasteiger partial charge in [0.25, 0.3) is 0 Å². The lowest BCUT2D eigenvalue weighted by Gasteiger charge is -1.98. The fourth-order valence-corrected chi connectivity index (χ4v) is 2.47. The highest BCUT2D eigenvalue weighted by atomic mass is 32.1. The molecule has 2 rings (SSSR count). The zero-order chi connectivity index (χ0) is 12.3. The summed E-state index contributed by atoms with van der Waals surface area (Å²) in [6.07, 6.45) is 3.12. The smallest absolute Gasteiger partial charge is 0.241 e. The average Bonchev–Trinajstić information content (AvgIpc) is 2.75. The van der Waals surface area contributed by atoms with Gasteiger partial charge in [0.1, 0.15) is 0 Å². The maximum absolute atomic E-state index is 10.6. The number of primary amides is 1. The number of thiophene rings is 1. The number of benzene rings is 1. The molecule has 0 aliphatic rings. The predicted octanol–water partition coefficient (Wildman–Crippen LogP) is 3.22. The first-order valence-electron chi connectivity index (χ1n) is 5.29. The summed E-state index contributed by atoms with van der Waals surface area (Å²) in [7, 11) is 0. The third kappa shape index (κ3) is 3.04. The molecule has 2 aromatic rings. The highest BCUT2D eigenvalue weighted by molar-refractivity contribution is 7.16. The number of carbonyl (C=O) groups is 1. The van der Waals surface area contributed by atoms with E-state index in [0.717, 1.165) is 4.88 Å². The van der Waals surface area contributed by atoms with Gasteiger partial charge >= 0.3 is 0 Å². The van der Waals surface area contributed by atoms with E-state index in [9.17, 15) is 4.79 Å². The minimum atomic E-state index is -0.421. The molecule has 86 valence electrons. The Kier molecular flexibility index (Phi) is 3.40. The van der Waals surface area contributed by atoms with E-state index >= 15 is 0 Å². The summed E-state index contributed by atoms with van der Waals surface area (Å²) in [4.78, 5) is 12.9. The Morgan fingerprint density at radius 3 is 2.82 bits per heavy atom. The van der Waals surface area contributed by atoms with Crippen LogP contribution < -0.4 is 5.73 Å². The minimum absolute atomic E-state index is 0.421. The van der Waals surface area contributed by atoms with Gasteiger partial charge in [-0.05, 0) is 30.7 Å². The molecule has 17 heavy (non-hydrogen) atoms. The first kappa shape index (κ1) is 11.6. The van der Waals surface area contributed by atoms with E-state index in [0.29, 0.717) is 0 Å². The number of hydrogen-bond donors (Lipinski definition) is 1. The molecule has 1 aromatic carbocycles. The summed E-state index contributed by atoms with van der Waals surface area (Å²) in [5.74, 6) is -0.421. The Morgan fingerprint density at radius 1 is 1.29 bits per heavy atom. The second kappa shape index (κ2) is 4.97. The Hall–Kier alpha value is -1.87. The zero-order valence-electron chi connectivity index (χ0n) is 9.51. The predicted molar refractivity (Wildman–Crippen MR) is 72.7 cm³/mol. The Morgan fingerprint density at radius 2 is 2.12 bits per heavy atom. The highest BCUT2D eigenvalue weighted by Crippen LogP contribution is 2.29. The average molecular weight is 243 g/mol. The van der Waals surface area contributed by atoms with Gasteiger partial charge in [-0.3, -0.25) is 4.79 Å². The van der Waals surface area contributed by atoms with Crippen molar-refractivity contribution in [2.24, 2.45) is 5.73 Å². The summed E-state index contributed by atoms with van der Waals surface area (Å²) < 4.78 is 0. The van der Waals surface area contributed by atoms with Crippen LogP contribution in [0.5, 0.6) is 0 Å². The summed E-state index contributed by atoms with van der Waals surface area (Å²) in [6, 6.07) is 12.4. The van der Waals surface area contributed by atoms with Gasteiger partial charge in [0.05, 0.1) is 0 Å².